The summed E-state index contributed by atoms with van der Waals surface area (Å²) in [4.78, 5) is 20.4. The number of ether oxygens (including phenoxy) is 1. The topological polar surface area (TPSA) is 93.0 Å². The molecule has 0 aliphatic carbocycles. The molecular weight excluding hydrogens is 428 g/mol. The molecule has 1 aromatic carbocycles. The molecule has 0 amide bonds. The summed E-state index contributed by atoms with van der Waals surface area (Å²) in [6.45, 7) is 5.96. The fourth-order valence-electron chi connectivity index (χ4n) is 4.57. The highest BCUT2D eigenvalue weighted by molar-refractivity contribution is 5.70. The summed E-state index contributed by atoms with van der Waals surface area (Å²) >= 11 is 0. The van der Waals surface area contributed by atoms with Gasteiger partial charge >= 0.3 is 0 Å². The van der Waals surface area contributed by atoms with Crippen molar-refractivity contribution in [1.29, 1.82) is 0 Å². The van der Waals surface area contributed by atoms with Crippen molar-refractivity contribution in [3.8, 4) is 5.88 Å². The molecule has 0 saturated heterocycles. The van der Waals surface area contributed by atoms with E-state index < -0.39 is 0 Å². The van der Waals surface area contributed by atoms with Crippen LogP contribution in [0.4, 0.5) is 23.0 Å². The van der Waals surface area contributed by atoms with E-state index >= 15 is 0 Å². The number of aromatic nitrogens is 5. The SMILES string of the molecule is Cc1c(N2CCc3cnc(Nc4cccc(Cn5ccnc5)c4)nc3C2)cnc2c1NCCO2. The minimum Gasteiger partial charge on any atom is -0.474 e. The Bertz CT molecular complexity index is 1320. The molecule has 6 rings (SSSR count). The Morgan fingerprint density at radius 3 is 3.09 bits per heavy atom. The van der Waals surface area contributed by atoms with Crippen LogP contribution < -0.4 is 20.3 Å². The summed E-state index contributed by atoms with van der Waals surface area (Å²) in [7, 11) is 0. The van der Waals surface area contributed by atoms with E-state index in [1.54, 1.807) is 6.20 Å². The predicted octanol–water partition coefficient (Wildman–Crippen LogP) is 3.54. The molecule has 0 unspecified atom stereocenters. The minimum absolute atomic E-state index is 0.607. The van der Waals surface area contributed by atoms with Crippen molar-refractivity contribution in [1.82, 2.24) is 24.5 Å². The maximum Gasteiger partial charge on any atom is 0.237 e. The lowest BCUT2D eigenvalue weighted by atomic mass is 10.0. The molecule has 0 fully saturated rings. The van der Waals surface area contributed by atoms with Crippen LogP contribution in [0.25, 0.3) is 0 Å². The zero-order valence-corrected chi connectivity index (χ0v) is 19.0. The van der Waals surface area contributed by atoms with Gasteiger partial charge in [0.25, 0.3) is 0 Å². The van der Waals surface area contributed by atoms with Gasteiger partial charge in [0.2, 0.25) is 11.8 Å². The average Bonchev–Trinajstić information content (AvgIpc) is 3.37. The van der Waals surface area contributed by atoms with Crippen LogP contribution in [0.5, 0.6) is 5.88 Å². The van der Waals surface area contributed by atoms with E-state index in [0.29, 0.717) is 18.4 Å². The van der Waals surface area contributed by atoms with E-state index in [1.165, 1.54) is 11.1 Å². The molecule has 2 N–H and O–H groups in total. The zero-order valence-electron chi connectivity index (χ0n) is 19.0. The van der Waals surface area contributed by atoms with Crippen LogP contribution in [0.15, 0.2) is 55.4 Å². The van der Waals surface area contributed by atoms with Crippen molar-refractivity contribution >= 4 is 23.0 Å². The molecule has 34 heavy (non-hydrogen) atoms. The van der Waals surface area contributed by atoms with E-state index in [2.05, 4.69) is 49.5 Å². The summed E-state index contributed by atoms with van der Waals surface area (Å²) in [5, 5.41) is 6.81. The molecule has 0 spiro atoms. The second-order valence-electron chi connectivity index (χ2n) is 8.62. The van der Waals surface area contributed by atoms with E-state index in [0.717, 1.165) is 60.9 Å². The van der Waals surface area contributed by atoms with Crippen LogP contribution in [-0.2, 0) is 19.5 Å². The molecule has 2 aliphatic rings. The van der Waals surface area contributed by atoms with Gasteiger partial charge in [0, 0.05) is 49.5 Å². The maximum absolute atomic E-state index is 5.69. The number of anilines is 4. The van der Waals surface area contributed by atoms with Gasteiger partial charge in [0.1, 0.15) is 12.3 Å². The van der Waals surface area contributed by atoms with Crippen LogP contribution >= 0.6 is 0 Å². The summed E-state index contributed by atoms with van der Waals surface area (Å²) in [6.07, 6.45) is 10.3. The smallest absolute Gasteiger partial charge is 0.237 e. The van der Waals surface area contributed by atoms with Gasteiger partial charge in [-0.05, 0) is 36.6 Å². The molecule has 0 bridgehead atoms. The normalized spacial score (nSPS) is 14.6. The molecule has 9 heteroatoms. The lowest BCUT2D eigenvalue weighted by Gasteiger charge is -2.32. The highest BCUT2D eigenvalue weighted by Crippen LogP contribution is 2.36. The van der Waals surface area contributed by atoms with Crippen LogP contribution in [0.1, 0.15) is 22.4 Å². The second kappa shape index (κ2) is 8.66. The molecule has 5 heterocycles. The first-order valence-corrected chi connectivity index (χ1v) is 11.5. The van der Waals surface area contributed by atoms with Gasteiger partial charge in [-0.25, -0.2) is 19.9 Å². The van der Waals surface area contributed by atoms with Gasteiger partial charge < -0.3 is 24.8 Å². The second-order valence-corrected chi connectivity index (χ2v) is 8.62. The van der Waals surface area contributed by atoms with Crippen LogP contribution in [0, 0.1) is 6.92 Å². The number of rotatable bonds is 5. The summed E-state index contributed by atoms with van der Waals surface area (Å²) < 4.78 is 7.73. The number of pyridine rings is 1. The molecule has 3 aromatic heterocycles. The summed E-state index contributed by atoms with van der Waals surface area (Å²) in [5.74, 6) is 1.30. The van der Waals surface area contributed by atoms with Crippen molar-refractivity contribution < 1.29 is 4.74 Å². The third-order valence-corrected chi connectivity index (χ3v) is 6.31. The first kappa shape index (κ1) is 20.5. The van der Waals surface area contributed by atoms with Gasteiger partial charge in [0.05, 0.1) is 30.5 Å². The number of imidazole rings is 1. The lowest BCUT2D eigenvalue weighted by molar-refractivity contribution is 0.310. The molecule has 0 radical (unpaired) electrons. The number of nitrogens with zero attached hydrogens (tertiary/aromatic N) is 6. The first-order valence-electron chi connectivity index (χ1n) is 11.5. The summed E-state index contributed by atoms with van der Waals surface area (Å²) in [5.41, 5.74) is 7.65. The Labute approximate surface area is 197 Å². The van der Waals surface area contributed by atoms with E-state index in [-0.39, 0.29) is 0 Å². The molecule has 0 atom stereocenters. The van der Waals surface area contributed by atoms with Crippen LogP contribution in [0.2, 0.25) is 0 Å². The maximum atomic E-state index is 5.69. The number of fused-ring (bicyclic) bond motifs is 2. The van der Waals surface area contributed by atoms with Crippen molar-refractivity contribution in [3.63, 3.8) is 0 Å². The quantitative estimate of drug-likeness (QED) is 0.473. The van der Waals surface area contributed by atoms with Gasteiger partial charge in [-0.15, -0.1) is 0 Å². The van der Waals surface area contributed by atoms with Crippen molar-refractivity contribution in [3.05, 3.63) is 77.8 Å². The Morgan fingerprint density at radius 1 is 1.21 bits per heavy atom. The number of benzene rings is 1. The highest BCUT2D eigenvalue weighted by atomic mass is 16.5. The summed E-state index contributed by atoms with van der Waals surface area (Å²) in [6, 6.07) is 8.29. The van der Waals surface area contributed by atoms with E-state index in [4.69, 9.17) is 9.72 Å². The van der Waals surface area contributed by atoms with Crippen molar-refractivity contribution in [2.24, 2.45) is 0 Å². The van der Waals surface area contributed by atoms with Gasteiger partial charge in [-0.3, -0.25) is 0 Å². The van der Waals surface area contributed by atoms with Crippen molar-refractivity contribution in [2.45, 2.75) is 26.4 Å². The monoisotopic (exact) mass is 454 g/mol. The predicted molar refractivity (Wildman–Crippen MR) is 131 cm³/mol. The Balaban J connectivity index is 1.21. The van der Waals surface area contributed by atoms with Crippen molar-refractivity contribution in [2.75, 3.05) is 35.2 Å². The Hall–Kier alpha value is -4.14. The number of hydrogen-bond donors (Lipinski definition) is 2. The fourth-order valence-corrected chi connectivity index (χ4v) is 4.57. The van der Waals surface area contributed by atoms with Gasteiger partial charge in [0.15, 0.2) is 0 Å². The molecule has 9 nitrogen and oxygen atoms in total. The Kier molecular flexibility index (Phi) is 5.21. The molecule has 2 aliphatic heterocycles. The minimum atomic E-state index is 0.607. The first-order chi connectivity index (χ1) is 16.7. The zero-order chi connectivity index (χ0) is 22.9. The highest BCUT2D eigenvalue weighted by Gasteiger charge is 2.24. The lowest BCUT2D eigenvalue weighted by Crippen LogP contribution is -2.32. The molecule has 0 saturated carbocycles. The standard InChI is InChI=1S/C25H26N8O/c1-17-22(13-28-24-23(17)27-7-10-34-24)33-8-5-19-12-29-25(31-21(19)15-33)30-20-4-2-3-18(11-20)14-32-9-6-26-16-32/h2-4,6,9,11-13,16,27H,5,7-8,10,14-15H2,1H3,(H,29,30,31). The molecular formula is C25H26N8O. The van der Waals surface area contributed by atoms with E-state index in [1.807, 2.05) is 41.6 Å². The number of hydrogen-bond acceptors (Lipinski definition) is 8. The van der Waals surface area contributed by atoms with Gasteiger partial charge in [-0.1, -0.05) is 12.1 Å². The third-order valence-electron chi connectivity index (χ3n) is 6.31. The largest absolute Gasteiger partial charge is 0.474 e. The van der Waals surface area contributed by atoms with Crippen LogP contribution in [0.3, 0.4) is 0 Å². The van der Waals surface area contributed by atoms with Gasteiger partial charge in [-0.2, -0.15) is 0 Å². The van der Waals surface area contributed by atoms with Crippen LogP contribution in [-0.4, -0.2) is 44.2 Å². The molecule has 4 aromatic rings. The van der Waals surface area contributed by atoms with E-state index in [9.17, 15) is 0 Å². The fraction of sp³-hybridized carbons (Fsp3) is 0.280. The average molecular weight is 455 g/mol. The molecule has 172 valence electrons. The number of nitrogens with one attached hydrogen (secondary N) is 2. The Morgan fingerprint density at radius 2 is 2.18 bits per heavy atom. The third kappa shape index (κ3) is 4.00.